The molecule has 61 heavy (non-hydrogen) atoms. The van der Waals surface area contributed by atoms with Crippen LogP contribution in [0.4, 0.5) is 14.9 Å². The zero-order chi connectivity index (χ0) is 45.4. The molecule has 1 aromatic heterocycles. The predicted molar refractivity (Wildman–Crippen MR) is 222 cm³/mol. The smallest absolute Gasteiger partial charge is 0.410 e. The third kappa shape index (κ3) is 9.65. The molecule has 3 aliphatic rings. The molecule has 13 atom stereocenters. The molecule has 3 fully saturated rings. The zero-order valence-electron chi connectivity index (χ0n) is 37.3. The monoisotopic (exact) mass is 860 g/mol. The van der Waals surface area contributed by atoms with Gasteiger partial charge in [-0.1, -0.05) is 41.5 Å². The number of fused-ring (bicyclic) bond motifs is 2. The van der Waals surface area contributed by atoms with Gasteiger partial charge in [0.25, 0.3) is 11.4 Å². The molecule has 1 aromatic carbocycles. The summed E-state index contributed by atoms with van der Waals surface area (Å²) in [5.74, 6) is -5.96. The summed E-state index contributed by atoms with van der Waals surface area (Å²) in [5.41, 5.74) is -5.50. The molecule has 0 aliphatic carbocycles. The van der Waals surface area contributed by atoms with Gasteiger partial charge < -0.3 is 43.6 Å². The number of nitrogens with one attached hydrogen (secondary N) is 1. The van der Waals surface area contributed by atoms with Gasteiger partial charge in [0.15, 0.2) is 17.7 Å². The van der Waals surface area contributed by atoms with Crippen molar-refractivity contribution < 1.29 is 57.3 Å². The maximum atomic E-state index is 16.9. The van der Waals surface area contributed by atoms with Crippen molar-refractivity contribution in [1.82, 2.24) is 14.8 Å². The summed E-state index contributed by atoms with van der Waals surface area (Å²) in [6.45, 7) is 16.9. The number of carbonyl (C=O) groups excluding carboxylic acids is 4. The number of aryl methyl sites for hydroxylation is 1. The lowest BCUT2D eigenvalue weighted by atomic mass is 9.73. The van der Waals surface area contributed by atoms with Gasteiger partial charge in [0, 0.05) is 79.3 Å². The van der Waals surface area contributed by atoms with Crippen molar-refractivity contribution >= 4 is 40.2 Å². The van der Waals surface area contributed by atoms with Gasteiger partial charge in [-0.15, -0.1) is 0 Å². The molecule has 0 spiro atoms. The van der Waals surface area contributed by atoms with Crippen molar-refractivity contribution in [3.05, 3.63) is 40.6 Å². The lowest BCUT2D eigenvalue weighted by Gasteiger charge is -2.47. The highest BCUT2D eigenvalue weighted by atomic mass is 19.1. The minimum atomic E-state index is -3.21. The highest BCUT2D eigenvalue weighted by molar-refractivity contribution is 6.08. The van der Waals surface area contributed by atoms with Crippen LogP contribution in [0.3, 0.4) is 0 Å². The molecule has 1 unspecified atom stereocenters. The van der Waals surface area contributed by atoms with E-state index < -0.39 is 94.1 Å². The van der Waals surface area contributed by atoms with Gasteiger partial charge in [-0.05, 0) is 71.9 Å². The van der Waals surface area contributed by atoms with Crippen LogP contribution in [0, 0.1) is 27.9 Å². The number of Topliss-reactive ketones (excluding diaryl/α,β-unsaturated/α-hetero) is 2. The molecule has 3 saturated heterocycles. The number of hydrogen-bond acceptors (Lipinski definition) is 13. The highest BCUT2D eigenvalue weighted by Crippen LogP contribution is 2.44. The van der Waals surface area contributed by atoms with E-state index in [1.54, 1.807) is 46.8 Å². The standard InChI is InChI=1S/C44H65FN4O12/c1-12-33-44(10)36(48(41(54)61-44)19-14-13-18-47-20-17-29-22-30(49(55)56)15-16-32(29)47)27(6)34(50)25(4)23-42(8,57-11)38(28(7)37(52)43(9,45)40(53)59-33)60-39-35(51)31(46-24(2)3)21-26(5)58-39/h15-17,20,22,24-28,31,33,35-36,38-39,46,51H,12-14,18-19,21,23H2,1-11H3/t25-,26-,27+,28+,31+,33-,35+,36?,38-,39+,42-,43+,44-/m1/s1. The minimum absolute atomic E-state index is 0.00748. The van der Waals surface area contributed by atoms with Crippen molar-refractivity contribution in [2.24, 2.45) is 17.8 Å². The third-order valence-electron chi connectivity index (χ3n) is 13.1. The Labute approximate surface area is 357 Å². The normalized spacial score (nSPS) is 36.8. The topological polar surface area (TPSA) is 198 Å². The van der Waals surface area contributed by atoms with Gasteiger partial charge >= 0.3 is 12.1 Å². The first-order valence-electron chi connectivity index (χ1n) is 21.5. The van der Waals surface area contributed by atoms with Crippen LogP contribution in [0.25, 0.3) is 10.9 Å². The molecular weight excluding hydrogens is 795 g/mol. The van der Waals surface area contributed by atoms with E-state index in [0.717, 1.165) is 17.8 Å². The molecular formula is C44H65FN4O12. The number of ketones is 2. The predicted octanol–water partition coefficient (Wildman–Crippen LogP) is 6.06. The molecule has 5 rings (SSSR count). The van der Waals surface area contributed by atoms with Crippen LogP contribution in [0.5, 0.6) is 0 Å². The van der Waals surface area contributed by atoms with Crippen LogP contribution in [0.1, 0.15) is 101 Å². The second kappa shape index (κ2) is 18.8. The van der Waals surface area contributed by atoms with Crippen molar-refractivity contribution in [3.8, 4) is 0 Å². The average Bonchev–Trinajstić information content (AvgIpc) is 3.73. The fourth-order valence-corrected chi connectivity index (χ4v) is 9.88. The van der Waals surface area contributed by atoms with Crippen molar-refractivity contribution in [2.75, 3.05) is 13.7 Å². The Bertz CT molecular complexity index is 1940. The third-order valence-corrected chi connectivity index (χ3v) is 13.1. The summed E-state index contributed by atoms with van der Waals surface area (Å²) in [7, 11) is 1.39. The van der Waals surface area contributed by atoms with Gasteiger partial charge in [-0.2, -0.15) is 0 Å². The van der Waals surface area contributed by atoms with E-state index in [-0.39, 0.29) is 43.0 Å². The average molecular weight is 861 g/mol. The summed E-state index contributed by atoms with van der Waals surface area (Å²) >= 11 is 0. The first-order valence-corrected chi connectivity index (χ1v) is 21.5. The lowest BCUT2D eigenvalue weighted by molar-refractivity contribution is -0.384. The Kier molecular flexibility index (Phi) is 14.8. The van der Waals surface area contributed by atoms with Crippen LogP contribution >= 0.6 is 0 Å². The number of ether oxygens (including phenoxy) is 5. The van der Waals surface area contributed by atoms with E-state index in [2.05, 4.69) is 5.32 Å². The van der Waals surface area contributed by atoms with Gasteiger partial charge in [0.2, 0.25) is 0 Å². The number of aliphatic hydroxyl groups excluding tert-OH is 1. The number of esters is 1. The Morgan fingerprint density at radius 1 is 1.05 bits per heavy atom. The number of methoxy groups -OCH3 is 1. The fraction of sp³-hybridized carbons (Fsp3) is 0.727. The maximum absolute atomic E-state index is 16.9. The second-order valence-electron chi connectivity index (χ2n) is 18.2. The van der Waals surface area contributed by atoms with E-state index in [9.17, 15) is 34.4 Å². The number of carbonyl (C=O) groups is 4. The van der Waals surface area contributed by atoms with Gasteiger partial charge in [-0.3, -0.25) is 19.7 Å². The van der Waals surface area contributed by atoms with Crippen LogP contribution in [-0.4, -0.2) is 122 Å². The molecule has 4 heterocycles. The number of unbranched alkanes of at least 4 members (excludes halogenated alkanes) is 1. The number of hydrogen-bond donors (Lipinski definition) is 2. The number of nitro benzene ring substituents is 1. The number of rotatable bonds is 12. The van der Waals surface area contributed by atoms with Crippen molar-refractivity contribution in [3.63, 3.8) is 0 Å². The number of halogens is 1. The Balaban J connectivity index is 1.47. The summed E-state index contributed by atoms with van der Waals surface area (Å²) in [4.78, 5) is 69.1. The summed E-state index contributed by atoms with van der Waals surface area (Å²) in [6, 6.07) is 5.07. The second-order valence-corrected chi connectivity index (χ2v) is 18.2. The molecule has 2 N–H and O–H groups in total. The molecule has 340 valence electrons. The molecule has 0 bridgehead atoms. The van der Waals surface area contributed by atoms with Gasteiger partial charge in [0.1, 0.15) is 18.0 Å². The van der Waals surface area contributed by atoms with Crippen LogP contribution < -0.4 is 5.32 Å². The molecule has 1 amide bonds. The van der Waals surface area contributed by atoms with Gasteiger partial charge in [0.05, 0.1) is 28.8 Å². The van der Waals surface area contributed by atoms with Crippen molar-refractivity contribution in [2.45, 2.75) is 174 Å². The largest absolute Gasteiger partial charge is 0.455 e. The van der Waals surface area contributed by atoms with Crippen molar-refractivity contribution in [1.29, 1.82) is 0 Å². The number of nitrogens with zero attached hydrogens (tertiary/aromatic N) is 3. The number of non-ortho nitro benzene ring substituents is 1. The molecule has 0 radical (unpaired) electrons. The Morgan fingerprint density at radius 2 is 1.72 bits per heavy atom. The number of aromatic nitrogens is 1. The SMILES string of the molecule is CC[C@H]1OC(=O)[C@@](C)(F)C(=O)[C@H](C)[C@@H](O[C@@H]2O[C@H](C)C[C@H](NC(C)C)[C@@H]2O)[C@](C)(OC)C[C@@H](C)C(=O)[C@H](C)C2N(CCCCn3ccc4cc([N+](=O)[O-])ccc43)C(=O)O[C@@]21C. The van der Waals surface area contributed by atoms with Crippen LogP contribution in [-0.2, 0) is 44.6 Å². The maximum Gasteiger partial charge on any atom is 0.410 e. The fourth-order valence-electron chi connectivity index (χ4n) is 9.88. The number of alkyl halides is 1. The number of nitro groups is 1. The van der Waals surface area contributed by atoms with E-state index >= 15 is 4.39 Å². The van der Waals surface area contributed by atoms with Crippen LogP contribution in [0.2, 0.25) is 0 Å². The lowest BCUT2D eigenvalue weighted by Crippen LogP contribution is -2.62. The number of aliphatic hydroxyl groups is 1. The number of cyclic esters (lactones) is 1. The van der Waals surface area contributed by atoms with Crippen LogP contribution in [0.15, 0.2) is 30.5 Å². The van der Waals surface area contributed by atoms with E-state index in [4.69, 9.17) is 23.7 Å². The first-order chi connectivity index (χ1) is 28.5. The Hall–Kier alpha value is -4.03. The first kappa shape index (κ1) is 48.0. The number of amides is 1. The molecule has 17 heteroatoms. The summed E-state index contributed by atoms with van der Waals surface area (Å²) < 4.78 is 49.5. The van der Waals surface area contributed by atoms with E-state index in [1.165, 1.54) is 31.1 Å². The summed E-state index contributed by atoms with van der Waals surface area (Å²) in [5, 5.41) is 26.8. The molecule has 0 saturated carbocycles. The molecule has 16 nitrogen and oxygen atoms in total. The van der Waals surface area contributed by atoms with E-state index in [1.807, 2.05) is 31.5 Å². The Morgan fingerprint density at radius 3 is 2.34 bits per heavy atom. The summed E-state index contributed by atoms with van der Waals surface area (Å²) in [6.07, 6.45) is -2.78. The highest BCUT2D eigenvalue weighted by Gasteiger charge is 2.61. The quantitative estimate of drug-likeness (QED) is 0.0822. The van der Waals surface area contributed by atoms with E-state index in [0.29, 0.717) is 25.8 Å². The minimum Gasteiger partial charge on any atom is -0.455 e. The zero-order valence-corrected chi connectivity index (χ0v) is 37.3. The molecule has 3 aliphatic heterocycles. The molecule has 2 aromatic rings. The number of benzene rings is 1. The van der Waals surface area contributed by atoms with Gasteiger partial charge in [-0.25, -0.2) is 14.0 Å².